The number of ether oxygens (including phenoxy) is 2. The van der Waals surface area contributed by atoms with Gasteiger partial charge in [0, 0.05) is 0 Å². The maximum absolute atomic E-state index is 10.6. The van der Waals surface area contributed by atoms with Gasteiger partial charge in [0.2, 0.25) is 0 Å². The molecule has 0 unspecified atom stereocenters. The SMILES string of the molecule is CCCCCCCCCCOC(=O)OC.CN. The summed E-state index contributed by atoms with van der Waals surface area (Å²) >= 11 is 0. The maximum Gasteiger partial charge on any atom is 0.507 e. The van der Waals surface area contributed by atoms with E-state index < -0.39 is 6.16 Å². The summed E-state index contributed by atoms with van der Waals surface area (Å²) in [4.78, 5) is 10.6. The van der Waals surface area contributed by atoms with E-state index in [9.17, 15) is 4.79 Å². The van der Waals surface area contributed by atoms with Crippen molar-refractivity contribution < 1.29 is 14.3 Å². The second-order valence-corrected chi connectivity index (χ2v) is 3.78. The number of hydrogen-bond donors (Lipinski definition) is 1. The van der Waals surface area contributed by atoms with Crippen molar-refractivity contribution in [1.29, 1.82) is 0 Å². The molecule has 0 radical (unpaired) electrons. The minimum absolute atomic E-state index is 0.488. The number of carbonyl (C=O) groups is 1. The van der Waals surface area contributed by atoms with Gasteiger partial charge in [-0.15, -0.1) is 0 Å². The molecule has 0 aromatic heterocycles. The fourth-order valence-corrected chi connectivity index (χ4v) is 1.45. The molecule has 0 aliphatic heterocycles. The fraction of sp³-hybridized carbons (Fsp3) is 0.923. The number of nitrogens with two attached hydrogens (primary N) is 1. The van der Waals surface area contributed by atoms with E-state index >= 15 is 0 Å². The molecule has 0 amide bonds. The van der Waals surface area contributed by atoms with Gasteiger partial charge in [-0.25, -0.2) is 4.79 Å². The summed E-state index contributed by atoms with van der Waals surface area (Å²) in [6.07, 6.45) is 9.41. The smallest absolute Gasteiger partial charge is 0.438 e. The average Bonchev–Trinajstić information content (AvgIpc) is 2.39. The van der Waals surface area contributed by atoms with Crippen molar-refractivity contribution in [2.45, 2.75) is 58.3 Å². The third-order valence-corrected chi connectivity index (χ3v) is 2.38. The zero-order valence-corrected chi connectivity index (χ0v) is 11.7. The molecular formula is C13H29NO3. The zero-order valence-electron chi connectivity index (χ0n) is 11.7. The summed E-state index contributed by atoms with van der Waals surface area (Å²) < 4.78 is 9.14. The minimum Gasteiger partial charge on any atom is -0.438 e. The lowest BCUT2D eigenvalue weighted by Gasteiger charge is -2.03. The van der Waals surface area contributed by atoms with Gasteiger partial charge in [0.15, 0.2) is 0 Å². The van der Waals surface area contributed by atoms with Gasteiger partial charge in [-0.3, -0.25) is 0 Å². The largest absolute Gasteiger partial charge is 0.507 e. The van der Waals surface area contributed by atoms with Crippen LogP contribution in [0.15, 0.2) is 0 Å². The first-order valence-electron chi connectivity index (χ1n) is 6.59. The molecular weight excluding hydrogens is 218 g/mol. The Hall–Kier alpha value is -0.770. The number of methoxy groups -OCH3 is 1. The topological polar surface area (TPSA) is 61.5 Å². The lowest BCUT2D eigenvalue weighted by molar-refractivity contribution is 0.0713. The molecule has 0 spiro atoms. The van der Waals surface area contributed by atoms with Gasteiger partial charge in [0.05, 0.1) is 13.7 Å². The van der Waals surface area contributed by atoms with Crippen molar-refractivity contribution in [1.82, 2.24) is 0 Å². The standard InChI is InChI=1S/C12H24O3.CH5N/c1-3-4-5-6-7-8-9-10-11-15-12(13)14-2;1-2/h3-11H2,1-2H3;2H2,1H3. The minimum atomic E-state index is -0.571. The van der Waals surface area contributed by atoms with E-state index in [2.05, 4.69) is 17.4 Å². The molecule has 104 valence electrons. The lowest BCUT2D eigenvalue weighted by atomic mass is 10.1. The van der Waals surface area contributed by atoms with Crippen LogP contribution in [0.2, 0.25) is 0 Å². The molecule has 4 nitrogen and oxygen atoms in total. The predicted molar refractivity (Wildman–Crippen MR) is 71.1 cm³/mol. The van der Waals surface area contributed by atoms with Gasteiger partial charge in [-0.2, -0.15) is 0 Å². The van der Waals surface area contributed by atoms with Crippen LogP contribution in [0.1, 0.15) is 58.3 Å². The monoisotopic (exact) mass is 247 g/mol. The van der Waals surface area contributed by atoms with Crippen molar-refractivity contribution in [3.8, 4) is 0 Å². The second-order valence-electron chi connectivity index (χ2n) is 3.78. The van der Waals surface area contributed by atoms with Crippen LogP contribution in [0, 0.1) is 0 Å². The molecule has 0 atom stereocenters. The lowest BCUT2D eigenvalue weighted by Crippen LogP contribution is -2.05. The van der Waals surface area contributed by atoms with E-state index in [0.717, 1.165) is 12.8 Å². The summed E-state index contributed by atoms with van der Waals surface area (Å²) in [6.45, 7) is 2.71. The molecule has 0 saturated heterocycles. The molecule has 0 aromatic carbocycles. The zero-order chi connectivity index (χ0) is 13.4. The van der Waals surface area contributed by atoms with Gasteiger partial charge in [0.25, 0.3) is 0 Å². The Morgan fingerprint density at radius 1 is 0.941 bits per heavy atom. The molecule has 0 saturated carbocycles. The maximum atomic E-state index is 10.6. The Bertz CT molecular complexity index is 152. The highest BCUT2D eigenvalue weighted by Crippen LogP contribution is 2.08. The van der Waals surface area contributed by atoms with Gasteiger partial charge in [0.1, 0.15) is 0 Å². The number of rotatable bonds is 9. The molecule has 0 rings (SSSR count). The van der Waals surface area contributed by atoms with Crippen LogP contribution in [0.4, 0.5) is 4.79 Å². The van der Waals surface area contributed by atoms with Crippen molar-refractivity contribution in [3.63, 3.8) is 0 Å². The van der Waals surface area contributed by atoms with E-state index in [-0.39, 0.29) is 0 Å². The van der Waals surface area contributed by atoms with E-state index in [4.69, 9.17) is 4.74 Å². The molecule has 4 heteroatoms. The fourth-order valence-electron chi connectivity index (χ4n) is 1.45. The highest BCUT2D eigenvalue weighted by Gasteiger charge is 1.98. The Morgan fingerprint density at radius 3 is 1.88 bits per heavy atom. The first-order valence-corrected chi connectivity index (χ1v) is 6.59. The van der Waals surface area contributed by atoms with Crippen LogP contribution in [-0.2, 0) is 9.47 Å². The molecule has 0 aliphatic rings. The van der Waals surface area contributed by atoms with Crippen LogP contribution in [0.3, 0.4) is 0 Å². The number of carbonyl (C=O) groups excluding carboxylic acids is 1. The van der Waals surface area contributed by atoms with Gasteiger partial charge in [-0.1, -0.05) is 51.9 Å². The van der Waals surface area contributed by atoms with Crippen LogP contribution < -0.4 is 5.73 Å². The molecule has 2 N–H and O–H groups in total. The first kappa shape index (κ1) is 18.6. The first-order chi connectivity index (χ1) is 8.31. The number of unbranched alkanes of at least 4 members (excludes halogenated alkanes) is 7. The van der Waals surface area contributed by atoms with Gasteiger partial charge < -0.3 is 15.2 Å². The van der Waals surface area contributed by atoms with E-state index in [0.29, 0.717) is 6.61 Å². The third-order valence-electron chi connectivity index (χ3n) is 2.38. The van der Waals surface area contributed by atoms with Crippen LogP contribution in [-0.4, -0.2) is 26.9 Å². The highest BCUT2D eigenvalue weighted by molar-refractivity contribution is 5.59. The van der Waals surface area contributed by atoms with Gasteiger partial charge >= 0.3 is 6.16 Å². The summed E-state index contributed by atoms with van der Waals surface area (Å²) in [5.41, 5.74) is 4.50. The van der Waals surface area contributed by atoms with E-state index in [1.807, 2.05) is 0 Å². The Morgan fingerprint density at radius 2 is 1.41 bits per heavy atom. The Labute approximate surface area is 106 Å². The average molecular weight is 247 g/mol. The summed E-state index contributed by atoms with van der Waals surface area (Å²) in [5.74, 6) is 0. The van der Waals surface area contributed by atoms with Gasteiger partial charge in [-0.05, 0) is 13.5 Å². The second kappa shape index (κ2) is 17.6. The van der Waals surface area contributed by atoms with E-state index in [1.165, 1.54) is 52.7 Å². The Kier molecular flexibility index (Phi) is 19.3. The third kappa shape index (κ3) is 17.8. The number of hydrogen-bond acceptors (Lipinski definition) is 4. The quantitative estimate of drug-likeness (QED) is 0.500. The molecule has 0 aromatic rings. The van der Waals surface area contributed by atoms with E-state index in [1.54, 1.807) is 0 Å². The summed E-state index contributed by atoms with van der Waals surface area (Å²) in [7, 11) is 2.83. The van der Waals surface area contributed by atoms with Crippen molar-refractivity contribution in [2.24, 2.45) is 5.73 Å². The highest BCUT2D eigenvalue weighted by atomic mass is 16.7. The molecule has 0 heterocycles. The van der Waals surface area contributed by atoms with Crippen molar-refractivity contribution in [3.05, 3.63) is 0 Å². The van der Waals surface area contributed by atoms with Crippen molar-refractivity contribution in [2.75, 3.05) is 20.8 Å². The predicted octanol–water partition coefficient (Wildman–Crippen LogP) is 3.49. The van der Waals surface area contributed by atoms with Crippen LogP contribution >= 0.6 is 0 Å². The molecule has 0 bridgehead atoms. The Balaban J connectivity index is 0. The van der Waals surface area contributed by atoms with Crippen molar-refractivity contribution >= 4 is 6.16 Å². The van der Waals surface area contributed by atoms with Crippen LogP contribution in [0.25, 0.3) is 0 Å². The molecule has 17 heavy (non-hydrogen) atoms. The van der Waals surface area contributed by atoms with Crippen LogP contribution in [0.5, 0.6) is 0 Å². The summed E-state index contributed by atoms with van der Waals surface area (Å²) in [6, 6.07) is 0. The molecule has 0 fully saturated rings. The normalized spacial score (nSPS) is 9.18. The summed E-state index contributed by atoms with van der Waals surface area (Å²) in [5, 5.41) is 0. The molecule has 0 aliphatic carbocycles.